The van der Waals surface area contributed by atoms with Crippen LogP contribution in [0.25, 0.3) is 0 Å². The summed E-state index contributed by atoms with van der Waals surface area (Å²) in [5.74, 6) is -5.53. The Hall–Kier alpha value is -3.63. The summed E-state index contributed by atoms with van der Waals surface area (Å²) in [6.45, 7) is 1.01. The molecule has 0 bridgehead atoms. The number of aromatic nitrogens is 1. The highest BCUT2D eigenvalue weighted by Gasteiger charge is 2.47. The molecule has 4 rings (SSSR count). The van der Waals surface area contributed by atoms with Crippen molar-refractivity contribution >= 4 is 52.4 Å². The van der Waals surface area contributed by atoms with Gasteiger partial charge in [-0.25, -0.2) is 18.2 Å². The molecule has 3 amide bonds. The first kappa shape index (κ1) is 29.4. The summed E-state index contributed by atoms with van der Waals surface area (Å²) >= 11 is 12.5. The van der Waals surface area contributed by atoms with E-state index in [0.717, 1.165) is 21.9 Å². The third kappa shape index (κ3) is 6.74. The first-order chi connectivity index (χ1) is 19.0. The molecule has 1 saturated carbocycles. The van der Waals surface area contributed by atoms with Crippen molar-refractivity contribution in [1.82, 2.24) is 10.3 Å². The minimum Gasteiger partial charge on any atom is -0.351 e. The molecule has 12 heteroatoms. The monoisotopic (exact) mass is 592 g/mol. The van der Waals surface area contributed by atoms with E-state index in [2.05, 4.69) is 10.3 Å². The lowest BCUT2D eigenvalue weighted by atomic mass is 9.87. The molecule has 0 saturated heterocycles. The molecule has 1 atom stereocenters. The van der Waals surface area contributed by atoms with Gasteiger partial charge in [-0.3, -0.25) is 24.2 Å². The molecule has 1 aliphatic rings. The van der Waals surface area contributed by atoms with Gasteiger partial charge in [0.1, 0.15) is 24.2 Å². The zero-order valence-electron chi connectivity index (χ0n) is 21.3. The second-order valence-electron chi connectivity index (χ2n) is 9.30. The smallest absolute Gasteiger partial charge is 0.252 e. The van der Waals surface area contributed by atoms with E-state index in [1.54, 1.807) is 19.1 Å². The predicted octanol–water partition coefficient (Wildman–Crippen LogP) is 5.96. The van der Waals surface area contributed by atoms with Crippen molar-refractivity contribution in [3.05, 3.63) is 88.3 Å². The molecule has 40 heavy (non-hydrogen) atoms. The molecule has 3 aromatic rings. The molecule has 0 radical (unpaired) electrons. The van der Waals surface area contributed by atoms with Crippen molar-refractivity contribution in [2.45, 2.75) is 44.2 Å². The van der Waals surface area contributed by atoms with Gasteiger partial charge in [0.05, 0.1) is 0 Å². The van der Waals surface area contributed by atoms with E-state index < -0.39 is 60.9 Å². The van der Waals surface area contributed by atoms with Crippen LogP contribution in [-0.2, 0) is 14.4 Å². The lowest BCUT2D eigenvalue weighted by Gasteiger charge is -2.38. The van der Waals surface area contributed by atoms with E-state index in [4.69, 9.17) is 23.2 Å². The normalized spacial score (nSPS) is 15.1. The summed E-state index contributed by atoms with van der Waals surface area (Å²) in [6.07, 6.45) is 0.283. The van der Waals surface area contributed by atoms with E-state index in [1.807, 2.05) is 0 Å². The first-order valence-electron chi connectivity index (χ1n) is 12.4. The lowest BCUT2D eigenvalue weighted by Crippen LogP contribution is -2.55. The highest BCUT2D eigenvalue weighted by Crippen LogP contribution is 2.39. The van der Waals surface area contributed by atoms with Gasteiger partial charge in [-0.15, -0.1) is 0 Å². The highest BCUT2D eigenvalue weighted by molar-refractivity contribution is 6.32. The Morgan fingerprint density at radius 3 is 2.40 bits per heavy atom. The van der Waals surface area contributed by atoms with E-state index >= 15 is 0 Å². The van der Waals surface area contributed by atoms with Crippen molar-refractivity contribution in [2.24, 2.45) is 0 Å². The maximum absolute atomic E-state index is 14.4. The summed E-state index contributed by atoms with van der Waals surface area (Å²) in [4.78, 5) is 46.9. The van der Waals surface area contributed by atoms with Gasteiger partial charge in [-0.05, 0) is 36.4 Å². The second kappa shape index (κ2) is 12.3. The average Bonchev–Trinajstić information content (AvgIpc) is 2.89. The molecule has 1 fully saturated rings. The Balaban J connectivity index is 1.79. The molecule has 0 spiro atoms. The summed E-state index contributed by atoms with van der Waals surface area (Å²) in [5, 5.41) is 2.96. The molecule has 1 aliphatic carbocycles. The quantitative estimate of drug-likeness (QED) is 0.332. The van der Waals surface area contributed by atoms with Gasteiger partial charge in [-0.1, -0.05) is 54.4 Å². The number of pyridine rings is 1. The predicted molar refractivity (Wildman–Crippen MR) is 146 cm³/mol. The maximum atomic E-state index is 14.4. The molecule has 1 aromatic heterocycles. The number of nitrogens with zero attached hydrogens (tertiary/aromatic N) is 3. The number of carbonyl (C=O) groups excluding carboxylic acids is 3. The van der Waals surface area contributed by atoms with E-state index in [9.17, 15) is 27.6 Å². The standard InChI is InChI=1S/C28H25Cl2F3N4O3/c1-2-24(38)36(23-12-17(29)10-11-34-23)16-25(39)37(20-7-5-6-18(31)13-20)26(21-8-3-4-9-22(21)30)27(40)35-19-14-28(32,33)15-19/h3-13,19,26H,2,14-16H2,1H3,(H,35,40). The van der Waals surface area contributed by atoms with E-state index in [0.29, 0.717) is 0 Å². The van der Waals surface area contributed by atoms with Crippen LogP contribution in [0.1, 0.15) is 37.8 Å². The molecule has 7 nitrogen and oxygen atoms in total. The van der Waals surface area contributed by atoms with Crippen LogP contribution in [0.5, 0.6) is 0 Å². The van der Waals surface area contributed by atoms with Gasteiger partial charge >= 0.3 is 0 Å². The number of nitrogens with one attached hydrogen (secondary N) is 1. The van der Waals surface area contributed by atoms with Gasteiger partial charge in [0.25, 0.3) is 5.92 Å². The highest BCUT2D eigenvalue weighted by atomic mass is 35.5. The van der Waals surface area contributed by atoms with Crippen LogP contribution in [0, 0.1) is 5.82 Å². The third-order valence-corrected chi connectivity index (χ3v) is 6.96. The molecule has 1 unspecified atom stereocenters. The van der Waals surface area contributed by atoms with Crippen LogP contribution in [0.2, 0.25) is 10.0 Å². The summed E-state index contributed by atoms with van der Waals surface area (Å²) in [6, 6.07) is 11.8. The van der Waals surface area contributed by atoms with Crippen LogP contribution in [0.3, 0.4) is 0 Å². The largest absolute Gasteiger partial charge is 0.351 e. The van der Waals surface area contributed by atoms with E-state index in [-0.39, 0.29) is 33.5 Å². The van der Waals surface area contributed by atoms with Crippen molar-refractivity contribution < 1.29 is 27.6 Å². The maximum Gasteiger partial charge on any atom is 0.252 e. The number of amides is 3. The van der Waals surface area contributed by atoms with E-state index in [1.165, 1.54) is 42.6 Å². The number of hydrogen-bond donors (Lipinski definition) is 1. The zero-order valence-corrected chi connectivity index (χ0v) is 22.8. The summed E-state index contributed by atoms with van der Waals surface area (Å²) < 4.78 is 41.5. The Bertz CT molecular complexity index is 1420. The molecule has 210 valence electrons. The minimum atomic E-state index is -2.90. The number of carbonyl (C=O) groups is 3. The van der Waals surface area contributed by atoms with Crippen LogP contribution in [0.15, 0.2) is 66.9 Å². The molecular formula is C28H25Cl2F3N4O3. The Morgan fingerprint density at radius 2 is 1.77 bits per heavy atom. The zero-order chi connectivity index (χ0) is 29.0. The Labute approximate surface area is 238 Å². The Kier molecular flexibility index (Phi) is 9.00. The first-order valence-corrected chi connectivity index (χ1v) is 13.2. The Morgan fingerprint density at radius 1 is 1.05 bits per heavy atom. The van der Waals surface area contributed by atoms with Gasteiger partial charge in [0.2, 0.25) is 17.7 Å². The number of alkyl halides is 2. The van der Waals surface area contributed by atoms with Crippen molar-refractivity contribution in [3.63, 3.8) is 0 Å². The fourth-order valence-corrected chi connectivity index (χ4v) is 4.83. The van der Waals surface area contributed by atoms with Crippen LogP contribution in [-0.4, -0.2) is 41.2 Å². The number of rotatable bonds is 9. The number of anilines is 2. The van der Waals surface area contributed by atoms with Gasteiger partial charge in [-0.2, -0.15) is 0 Å². The van der Waals surface area contributed by atoms with Crippen molar-refractivity contribution in [3.8, 4) is 0 Å². The second-order valence-corrected chi connectivity index (χ2v) is 10.1. The van der Waals surface area contributed by atoms with Crippen LogP contribution < -0.4 is 15.1 Å². The summed E-state index contributed by atoms with van der Waals surface area (Å²) in [7, 11) is 0. The fourth-order valence-electron chi connectivity index (χ4n) is 4.44. The van der Waals surface area contributed by atoms with Crippen molar-refractivity contribution in [1.29, 1.82) is 0 Å². The number of halogens is 5. The van der Waals surface area contributed by atoms with Crippen molar-refractivity contribution in [2.75, 3.05) is 16.3 Å². The third-order valence-electron chi connectivity index (χ3n) is 6.38. The lowest BCUT2D eigenvalue weighted by molar-refractivity contribution is -0.132. The topological polar surface area (TPSA) is 82.6 Å². The number of benzene rings is 2. The molecule has 1 heterocycles. The fraction of sp³-hybridized carbons (Fsp3) is 0.286. The minimum absolute atomic E-state index is 0.00744. The molecular weight excluding hydrogens is 568 g/mol. The summed E-state index contributed by atoms with van der Waals surface area (Å²) in [5.41, 5.74) is 0.173. The average molecular weight is 593 g/mol. The molecule has 1 N–H and O–H groups in total. The molecule has 0 aliphatic heterocycles. The SMILES string of the molecule is CCC(=O)N(CC(=O)N(c1cccc(F)c1)C(C(=O)NC1CC(F)(F)C1)c1ccccc1Cl)c1cc(Cl)ccn1. The van der Waals surface area contributed by atoms with Gasteiger partial charge < -0.3 is 5.32 Å². The molecule has 2 aromatic carbocycles. The number of hydrogen-bond acceptors (Lipinski definition) is 4. The van der Waals surface area contributed by atoms with Crippen LogP contribution in [0.4, 0.5) is 24.7 Å². The van der Waals surface area contributed by atoms with Gasteiger partial charge in [0, 0.05) is 52.8 Å². The van der Waals surface area contributed by atoms with Crippen LogP contribution >= 0.6 is 23.2 Å². The van der Waals surface area contributed by atoms with Gasteiger partial charge in [0.15, 0.2) is 0 Å².